The van der Waals surface area contributed by atoms with Gasteiger partial charge in [-0.05, 0) is 31.2 Å². The van der Waals surface area contributed by atoms with Crippen molar-refractivity contribution in [3.05, 3.63) is 41.7 Å². The first-order valence-electron chi connectivity index (χ1n) is 11.6. The average Bonchev–Trinajstić information content (AvgIpc) is 3.44. The van der Waals surface area contributed by atoms with Gasteiger partial charge in [-0.15, -0.1) is 0 Å². The molecule has 2 aromatic heterocycles. The van der Waals surface area contributed by atoms with E-state index in [9.17, 15) is 54.2 Å². The number of aliphatic hydroxyl groups is 1. The molecule has 10 nitrogen and oxygen atoms in total. The molecular formula is C23H19F9N6O4. The van der Waals surface area contributed by atoms with Gasteiger partial charge in [-0.25, -0.2) is 13.9 Å². The van der Waals surface area contributed by atoms with Gasteiger partial charge in [0.2, 0.25) is 5.60 Å². The molecule has 19 heteroatoms. The first-order chi connectivity index (χ1) is 19.3. The number of hydrogen-bond acceptors (Lipinski definition) is 7. The highest BCUT2D eigenvalue weighted by Crippen LogP contribution is 2.39. The summed E-state index contributed by atoms with van der Waals surface area (Å²) in [5.41, 5.74) is -1.36. The highest BCUT2D eigenvalue weighted by atomic mass is 19.4. The summed E-state index contributed by atoms with van der Waals surface area (Å²) in [6.45, 7) is -5.09. The number of alkyl halides is 9. The second-order valence-corrected chi connectivity index (χ2v) is 9.31. The lowest BCUT2D eigenvalue weighted by atomic mass is 10.0. The molecular weight excluding hydrogens is 595 g/mol. The molecule has 0 aliphatic carbocycles. The van der Waals surface area contributed by atoms with Gasteiger partial charge in [0.1, 0.15) is 23.8 Å². The van der Waals surface area contributed by atoms with Crippen LogP contribution in [0.4, 0.5) is 45.3 Å². The fraction of sp³-hybridized carbons (Fsp3) is 0.391. The van der Waals surface area contributed by atoms with Gasteiger partial charge in [-0.3, -0.25) is 9.59 Å². The van der Waals surface area contributed by atoms with E-state index in [1.165, 1.54) is 0 Å². The lowest BCUT2D eigenvalue weighted by Crippen LogP contribution is -2.56. The van der Waals surface area contributed by atoms with Gasteiger partial charge in [-0.1, -0.05) is 0 Å². The molecule has 228 valence electrons. The van der Waals surface area contributed by atoms with E-state index in [0.29, 0.717) is 11.0 Å². The molecule has 42 heavy (non-hydrogen) atoms. The van der Waals surface area contributed by atoms with Crippen LogP contribution >= 0.6 is 0 Å². The first-order valence-corrected chi connectivity index (χ1v) is 11.6. The van der Waals surface area contributed by atoms with E-state index >= 15 is 0 Å². The van der Waals surface area contributed by atoms with Crippen LogP contribution < -0.4 is 15.8 Å². The molecule has 1 saturated heterocycles. The van der Waals surface area contributed by atoms with Crippen molar-refractivity contribution in [3.8, 4) is 17.0 Å². The fourth-order valence-corrected chi connectivity index (χ4v) is 4.30. The Labute approximate surface area is 228 Å². The van der Waals surface area contributed by atoms with E-state index in [1.807, 2.05) is 0 Å². The number of nitrogens with two attached hydrogens (primary N) is 1. The molecule has 1 aliphatic rings. The van der Waals surface area contributed by atoms with Crippen LogP contribution in [0.2, 0.25) is 0 Å². The maximum Gasteiger partial charge on any atom is 0.426 e. The van der Waals surface area contributed by atoms with Crippen molar-refractivity contribution in [2.24, 2.45) is 0 Å². The Morgan fingerprint density at radius 1 is 1.14 bits per heavy atom. The zero-order chi connectivity index (χ0) is 31.4. The summed E-state index contributed by atoms with van der Waals surface area (Å²) in [6, 6.07) is 1.66. The Morgan fingerprint density at radius 2 is 1.81 bits per heavy atom. The number of rotatable bonds is 6. The molecule has 4 N–H and O–H groups in total. The number of ether oxygens (including phenoxy) is 1. The summed E-state index contributed by atoms with van der Waals surface area (Å²) in [6.07, 6.45) is -11.6. The van der Waals surface area contributed by atoms with Crippen molar-refractivity contribution in [1.29, 1.82) is 0 Å². The van der Waals surface area contributed by atoms with Gasteiger partial charge < -0.3 is 25.8 Å². The number of anilines is 1. The van der Waals surface area contributed by atoms with Crippen molar-refractivity contribution in [2.45, 2.75) is 43.7 Å². The van der Waals surface area contributed by atoms with Gasteiger partial charge in [0, 0.05) is 12.1 Å². The van der Waals surface area contributed by atoms with Crippen molar-refractivity contribution < 1.29 is 58.9 Å². The largest absolute Gasteiger partial charge is 0.434 e. The number of hydrogen-bond donors (Lipinski definition) is 3. The zero-order valence-electron chi connectivity index (χ0n) is 21.0. The molecule has 3 atom stereocenters. The summed E-state index contributed by atoms with van der Waals surface area (Å²) in [4.78, 5) is 29.1. The maximum absolute atomic E-state index is 14.7. The minimum atomic E-state index is -5.40. The van der Waals surface area contributed by atoms with Crippen molar-refractivity contribution in [3.63, 3.8) is 0 Å². The van der Waals surface area contributed by atoms with Crippen LogP contribution in [-0.2, 0) is 11.0 Å². The summed E-state index contributed by atoms with van der Waals surface area (Å²) in [5, 5.41) is 15.4. The highest BCUT2D eigenvalue weighted by Gasteiger charge is 2.58. The zero-order valence-corrected chi connectivity index (χ0v) is 21.0. The smallest absolute Gasteiger partial charge is 0.426 e. The monoisotopic (exact) mass is 614 g/mol. The number of likely N-dealkylation sites (tertiary alicyclic amines) is 1. The lowest BCUT2D eigenvalue weighted by molar-refractivity contribution is -0.249. The highest BCUT2D eigenvalue weighted by molar-refractivity contribution is 5.98. The number of nitrogens with one attached hydrogen (secondary N) is 1. The van der Waals surface area contributed by atoms with E-state index in [1.54, 1.807) is 0 Å². The molecule has 3 heterocycles. The quantitative estimate of drug-likeness (QED) is 0.363. The summed E-state index contributed by atoms with van der Waals surface area (Å²) >= 11 is 0. The van der Waals surface area contributed by atoms with Crippen LogP contribution in [0.3, 0.4) is 0 Å². The van der Waals surface area contributed by atoms with Crippen molar-refractivity contribution in [1.82, 2.24) is 24.8 Å². The predicted octanol–water partition coefficient (Wildman–Crippen LogP) is 3.19. The molecule has 0 spiro atoms. The molecule has 4 rings (SSSR count). The minimum Gasteiger partial charge on any atom is -0.434 e. The molecule has 0 saturated carbocycles. The second-order valence-electron chi connectivity index (χ2n) is 9.31. The number of benzene rings is 1. The number of halogens is 9. The van der Waals surface area contributed by atoms with Gasteiger partial charge >= 0.3 is 19.0 Å². The van der Waals surface area contributed by atoms with Crippen molar-refractivity contribution in [2.75, 3.05) is 18.8 Å². The van der Waals surface area contributed by atoms with Crippen LogP contribution in [0.15, 0.2) is 30.6 Å². The van der Waals surface area contributed by atoms with Gasteiger partial charge in [0.25, 0.3) is 11.8 Å². The van der Waals surface area contributed by atoms with Crippen LogP contribution in [0, 0.1) is 0 Å². The van der Waals surface area contributed by atoms with Crippen molar-refractivity contribution >= 4 is 23.1 Å². The average molecular weight is 614 g/mol. The van der Waals surface area contributed by atoms with E-state index in [2.05, 4.69) is 20.1 Å². The van der Waals surface area contributed by atoms with Crippen LogP contribution in [0.5, 0.6) is 5.75 Å². The Kier molecular flexibility index (Phi) is 7.68. The molecule has 0 bridgehead atoms. The van der Waals surface area contributed by atoms with E-state index in [0.717, 1.165) is 29.0 Å². The third-order valence-corrected chi connectivity index (χ3v) is 6.44. The Balaban J connectivity index is 1.69. The lowest BCUT2D eigenvalue weighted by Gasteiger charge is -2.29. The molecule has 0 unspecified atom stereocenters. The molecule has 1 aliphatic heterocycles. The number of fused-ring (bicyclic) bond motifs is 1. The number of nitrogen functional groups attached to an aromatic ring is 1. The predicted molar refractivity (Wildman–Crippen MR) is 124 cm³/mol. The molecule has 3 aromatic rings. The van der Waals surface area contributed by atoms with Crippen LogP contribution in [0.1, 0.15) is 22.8 Å². The van der Waals surface area contributed by atoms with Crippen LogP contribution in [-0.4, -0.2) is 80.1 Å². The summed E-state index contributed by atoms with van der Waals surface area (Å²) in [5.74, 6) is -4.53. The first kappa shape index (κ1) is 30.7. The summed E-state index contributed by atoms with van der Waals surface area (Å²) < 4.78 is 126. The van der Waals surface area contributed by atoms with E-state index in [-0.39, 0.29) is 18.2 Å². The number of aromatic nitrogens is 3. The normalized spacial score (nSPS) is 19.3. The number of nitrogens with zero attached hydrogens (tertiary/aromatic N) is 4. The van der Waals surface area contributed by atoms with E-state index in [4.69, 9.17) is 5.73 Å². The third-order valence-electron chi connectivity index (χ3n) is 6.44. The van der Waals surface area contributed by atoms with Gasteiger partial charge in [0.15, 0.2) is 5.82 Å². The Hall–Kier alpha value is -4.29. The number of amides is 2. The Morgan fingerprint density at radius 3 is 2.40 bits per heavy atom. The molecule has 2 amide bonds. The summed E-state index contributed by atoms with van der Waals surface area (Å²) in [7, 11) is 0. The molecule has 1 aromatic carbocycles. The standard InChI is InChI=1S/C23H19F9N6O4/c1-21(41,23(30,31)32)19(40)37-6-12(24)13(7-37)36-18(39)10-4-9(2-3-15(10)42-20(25)26)14-5-11(22(27,28)29)16-17(33)34-8-35-38(14)16/h2-5,8,12-13,20,41H,6-7H2,1H3,(H,36,39)(H2,33,34,35)/t12-,13+,21+/m0/s1. The van der Waals surface area contributed by atoms with Gasteiger partial charge in [-0.2, -0.15) is 40.2 Å². The van der Waals surface area contributed by atoms with E-state index < -0.39 is 89.9 Å². The minimum absolute atomic E-state index is 0.169. The number of carbonyl (C=O) groups excluding carboxylic acids is 2. The van der Waals surface area contributed by atoms with Gasteiger partial charge in [0.05, 0.1) is 29.4 Å². The van der Waals surface area contributed by atoms with Crippen LogP contribution in [0.25, 0.3) is 16.8 Å². The topological polar surface area (TPSA) is 135 Å². The fourth-order valence-electron chi connectivity index (χ4n) is 4.30. The number of carbonyl (C=O) groups is 2. The third kappa shape index (κ3) is 5.59. The Bertz CT molecular complexity index is 1520. The second kappa shape index (κ2) is 10.5. The SMILES string of the molecule is C[C@@](O)(C(=O)N1C[C@H](F)[C@H](NC(=O)c2cc(-c3cc(C(F)(F)F)c4c(N)ncnn34)ccc2OC(F)F)C1)C(F)(F)F. The molecule has 0 radical (unpaired) electrons. The maximum atomic E-state index is 14.7. The molecule has 1 fully saturated rings.